The summed E-state index contributed by atoms with van der Waals surface area (Å²) < 4.78 is 0. The largest absolute Gasteiger partial charge is 0.473 e. The number of benzene rings is 1. The fourth-order valence-electron chi connectivity index (χ4n) is 1.92. The maximum atomic E-state index is 11.9. The third-order valence-corrected chi connectivity index (χ3v) is 3.46. The number of hydrogen-bond donors (Lipinski definition) is 3. The van der Waals surface area contributed by atoms with Crippen LogP contribution in [0, 0.1) is 13.8 Å². The van der Waals surface area contributed by atoms with Crippen molar-refractivity contribution in [1.29, 1.82) is 0 Å². The van der Waals surface area contributed by atoms with Crippen LogP contribution < -0.4 is 5.32 Å². The Bertz CT molecular complexity index is 575. The number of nitrogens with zero attached hydrogens (tertiary/aromatic N) is 1. The molecule has 1 amide bonds. The highest BCUT2D eigenvalue weighted by atomic mass is 16.4. The molecule has 0 aliphatic carbocycles. The van der Waals surface area contributed by atoms with Gasteiger partial charge in [-0.25, -0.2) is 9.59 Å². The van der Waals surface area contributed by atoms with Crippen LogP contribution in [0.4, 0.5) is 5.69 Å². The lowest BCUT2D eigenvalue weighted by Crippen LogP contribution is -2.25. The second-order valence-electron chi connectivity index (χ2n) is 5.88. The van der Waals surface area contributed by atoms with Crippen LogP contribution in [0.25, 0.3) is 0 Å². The van der Waals surface area contributed by atoms with E-state index in [-0.39, 0.29) is 5.91 Å². The van der Waals surface area contributed by atoms with E-state index in [0.717, 1.165) is 24.3 Å². The molecule has 0 saturated carbocycles. The molecule has 0 aromatic heterocycles. The zero-order valence-electron chi connectivity index (χ0n) is 15.3. The highest BCUT2D eigenvalue weighted by molar-refractivity contribution is 6.27. The van der Waals surface area contributed by atoms with Gasteiger partial charge in [0.2, 0.25) is 5.91 Å². The average molecular weight is 352 g/mol. The van der Waals surface area contributed by atoms with Crippen molar-refractivity contribution in [2.24, 2.45) is 0 Å². The summed E-state index contributed by atoms with van der Waals surface area (Å²) in [4.78, 5) is 32.3. The topological polar surface area (TPSA) is 107 Å². The van der Waals surface area contributed by atoms with Gasteiger partial charge in [-0.3, -0.25) is 4.79 Å². The summed E-state index contributed by atoms with van der Waals surface area (Å²) >= 11 is 0. The summed E-state index contributed by atoms with van der Waals surface area (Å²) in [6, 6.07) is 6.12. The van der Waals surface area contributed by atoms with E-state index in [9.17, 15) is 4.79 Å². The van der Waals surface area contributed by atoms with E-state index in [0.29, 0.717) is 6.42 Å². The number of rotatable bonds is 7. The predicted octanol–water partition coefficient (Wildman–Crippen LogP) is 2.52. The van der Waals surface area contributed by atoms with Crippen LogP contribution in [0.3, 0.4) is 0 Å². The molecule has 1 rings (SSSR count). The monoisotopic (exact) mass is 352 g/mol. The quantitative estimate of drug-likeness (QED) is 0.651. The second kappa shape index (κ2) is 12.0. The lowest BCUT2D eigenvalue weighted by molar-refractivity contribution is -0.159. The number of nitrogens with one attached hydrogen (secondary N) is 1. The minimum absolute atomic E-state index is 0.0945. The lowest BCUT2D eigenvalue weighted by Gasteiger charge is -2.16. The fourth-order valence-corrected chi connectivity index (χ4v) is 1.92. The van der Waals surface area contributed by atoms with Crippen LogP contribution in [0.2, 0.25) is 0 Å². The van der Waals surface area contributed by atoms with E-state index in [2.05, 4.69) is 30.3 Å². The van der Waals surface area contributed by atoms with Crippen LogP contribution in [0.15, 0.2) is 18.2 Å². The van der Waals surface area contributed by atoms with Crippen molar-refractivity contribution < 1.29 is 24.6 Å². The molecule has 0 aliphatic heterocycles. The molecule has 0 saturated heterocycles. The zero-order chi connectivity index (χ0) is 19.4. The van der Waals surface area contributed by atoms with Gasteiger partial charge in [0.1, 0.15) is 0 Å². The third-order valence-electron chi connectivity index (χ3n) is 3.46. The Hall–Kier alpha value is -2.41. The molecule has 25 heavy (non-hydrogen) atoms. The summed E-state index contributed by atoms with van der Waals surface area (Å²) in [7, 11) is 2.07. The summed E-state index contributed by atoms with van der Waals surface area (Å²) in [6.07, 6.45) is 2.93. The van der Waals surface area contributed by atoms with Crippen molar-refractivity contribution in [1.82, 2.24) is 4.90 Å². The van der Waals surface area contributed by atoms with Crippen molar-refractivity contribution in [3.8, 4) is 0 Å². The standard InChI is InChI=1S/C16H26N2O.C2H2O4/c1-5-6-10-18(4)11-9-16(19)17-15-12-13(2)7-8-14(15)3;3-1(4)2(5)6/h7-8,12H,5-6,9-11H2,1-4H3,(H,17,19);(H,3,4)(H,5,6). The molecule has 7 heteroatoms. The number of carboxylic acids is 2. The molecule has 140 valence electrons. The van der Waals surface area contributed by atoms with Crippen molar-refractivity contribution in [2.45, 2.75) is 40.0 Å². The van der Waals surface area contributed by atoms with E-state index in [1.54, 1.807) is 0 Å². The Labute approximate surface area is 148 Å². The van der Waals surface area contributed by atoms with Crippen LogP contribution in [-0.4, -0.2) is 53.1 Å². The Kier molecular flexibility index (Phi) is 10.9. The van der Waals surface area contributed by atoms with Crippen LogP contribution in [0.5, 0.6) is 0 Å². The van der Waals surface area contributed by atoms with Gasteiger partial charge in [-0.05, 0) is 51.1 Å². The van der Waals surface area contributed by atoms with Crippen LogP contribution in [-0.2, 0) is 14.4 Å². The molecule has 3 N–H and O–H groups in total. The molecule has 0 unspecified atom stereocenters. The Balaban J connectivity index is 0.000000823. The summed E-state index contributed by atoms with van der Waals surface area (Å²) in [5.41, 5.74) is 3.21. The van der Waals surface area contributed by atoms with Gasteiger partial charge >= 0.3 is 11.9 Å². The van der Waals surface area contributed by atoms with Gasteiger partial charge in [-0.2, -0.15) is 0 Å². The van der Waals surface area contributed by atoms with Crippen LogP contribution in [0.1, 0.15) is 37.3 Å². The molecule has 1 aromatic rings. The number of amides is 1. The minimum Gasteiger partial charge on any atom is -0.473 e. The first-order chi connectivity index (χ1) is 11.7. The molecule has 0 bridgehead atoms. The van der Waals surface area contributed by atoms with Crippen molar-refractivity contribution in [3.63, 3.8) is 0 Å². The van der Waals surface area contributed by atoms with Crippen molar-refractivity contribution >= 4 is 23.5 Å². The highest BCUT2D eigenvalue weighted by Gasteiger charge is 2.07. The number of anilines is 1. The van der Waals surface area contributed by atoms with Crippen LogP contribution >= 0.6 is 0 Å². The number of carbonyl (C=O) groups excluding carboxylic acids is 1. The number of aliphatic carboxylic acids is 2. The molecular weight excluding hydrogens is 324 g/mol. The van der Waals surface area contributed by atoms with E-state index in [1.165, 1.54) is 18.4 Å². The van der Waals surface area contributed by atoms with Crippen molar-refractivity contribution in [3.05, 3.63) is 29.3 Å². The van der Waals surface area contributed by atoms with Gasteiger partial charge in [-0.15, -0.1) is 0 Å². The third kappa shape index (κ3) is 10.9. The van der Waals surface area contributed by atoms with E-state index in [4.69, 9.17) is 19.8 Å². The van der Waals surface area contributed by atoms with Gasteiger partial charge in [0.05, 0.1) is 0 Å². The van der Waals surface area contributed by atoms with Gasteiger partial charge in [-0.1, -0.05) is 25.5 Å². The number of carbonyl (C=O) groups is 3. The zero-order valence-corrected chi connectivity index (χ0v) is 15.3. The average Bonchev–Trinajstić information content (AvgIpc) is 2.54. The molecule has 7 nitrogen and oxygen atoms in total. The maximum Gasteiger partial charge on any atom is 0.414 e. The molecule has 0 atom stereocenters. The van der Waals surface area contributed by atoms with E-state index in [1.807, 2.05) is 26.0 Å². The number of carboxylic acid groups (broad SMARTS) is 2. The highest BCUT2D eigenvalue weighted by Crippen LogP contribution is 2.16. The first-order valence-electron chi connectivity index (χ1n) is 8.19. The van der Waals surface area contributed by atoms with E-state index >= 15 is 0 Å². The predicted molar refractivity (Wildman–Crippen MR) is 96.8 cm³/mol. The molecule has 1 aromatic carbocycles. The number of aryl methyl sites for hydroxylation is 2. The van der Waals surface area contributed by atoms with Gasteiger partial charge in [0.15, 0.2) is 0 Å². The summed E-state index contributed by atoms with van der Waals surface area (Å²) in [6.45, 7) is 8.11. The minimum atomic E-state index is -1.82. The Morgan fingerprint density at radius 1 is 1.08 bits per heavy atom. The Morgan fingerprint density at radius 3 is 2.20 bits per heavy atom. The first-order valence-corrected chi connectivity index (χ1v) is 8.19. The summed E-state index contributed by atoms with van der Waals surface area (Å²) in [5.74, 6) is -3.55. The first kappa shape index (κ1) is 22.6. The molecule has 0 aliphatic rings. The molecule has 0 radical (unpaired) electrons. The second-order valence-corrected chi connectivity index (χ2v) is 5.88. The number of hydrogen-bond acceptors (Lipinski definition) is 4. The Morgan fingerprint density at radius 2 is 1.68 bits per heavy atom. The smallest absolute Gasteiger partial charge is 0.414 e. The number of unbranched alkanes of at least 4 members (excludes halogenated alkanes) is 1. The van der Waals surface area contributed by atoms with E-state index < -0.39 is 11.9 Å². The van der Waals surface area contributed by atoms with Crippen molar-refractivity contribution in [2.75, 3.05) is 25.5 Å². The molecule has 0 heterocycles. The lowest BCUT2D eigenvalue weighted by atomic mass is 10.1. The fraction of sp³-hybridized carbons (Fsp3) is 0.500. The maximum absolute atomic E-state index is 11.9. The van der Waals surface area contributed by atoms with Gasteiger partial charge in [0, 0.05) is 18.7 Å². The van der Waals surface area contributed by atoms with Gasteiger partial charge < -0.3 is 20.4 Å². The van der Waals surface area contributed by atoms with Gasteiger partial charge in [0.25, 0.3) is 0 Å². The summed E-state index contributed by atoms with van der Waals surface area (Å²) in [5, 5.41) is 17.8. The molecular formula is C18H28N2O5. The SMILES string of the molecule is CCCCN(C)CCC(=O)Nc1cc(C)ccc1C.O=C(O)C(=O)O. The molecule has 0 fully saturated rings. The normalized spacial score (nSPS) is 9.96. The molecule has 0 spiro atoms.